The van der Waals surface area contributed by atoms with E-state index in [1.807, 2.05) is 0 Å². The van der Waals surface area contributed by atoms with Crippen LogP contribution in [-0.4, -0.2) is 11.0 Å². The first kappa shape index (κ1) is 13.9. The quantitative estimate of drug-likeness (QED) is 0.753. The summed E-state index contributed by atoms with van der Waals surface area (Å²) in [5.74, 6) is -1.37. The molecule has 4 nitrogen and oxygen atoms in total. The number of carbonyl (C=O) groups is 1. The number of rotatable bonds is 3. The van der Waals surface area contributed by atoms with Gasteiger partial charge in [-0.25, -0.2) is 4.39 Å². The minimum Gasteiger partial charge on any atom is -0.507 e. The van der Waals surface area contributed by atoms with E-state index in [2.05, 4.69) is 5.32 Å². The third-order valence-corrected chi connectivity index (χ3v) is 2.99. The second-order valence-electron chi connectivity index (χ2n) is 4.52. The lowest BCUT2D eigenvalue weighted by Gasteiger charge is -2.15. The summed E-state index contributed by atoms with van der Waals surface area (Å²) >= 11 is 0. The van der Waals surface area contributed by atoms with E-state index in [0.717, 1.165) is 23.8 Å². The summed E-state index contributed by atoms with van der Waals surface area (Å²) in [4.78, 5) is 12.0. The average molecular weight is 274 g/mol. The lowest BCUT2D eigenvalue weighted by atomic mass is 10.1. The molecule has 0 saturated heterocycles. The minimum atomic E-state index is -0.576. The van der Waals surface area contributed by atoms with Gasteiger partial charge in [-0.2, -0.15) is 0 Å². The van der Waals surface area contributed by atoms with Crippen LogP contribution in [0.25, 0.3) is 0 Å². The van der Waals surface area contributed by atoms with Gasteiger partial charge in [-0.15, -0.1) is 0 Å². The molecule has 0 radical (unpaired) electrons. The zero-order valence-electron chi connectivity index (χ0n) is 10.9. The predicted molar refractivity (Wildman–Crippen MR) is 74.8 cm³/mol. The highest BCUT2D eigenvalue weighted by atomic mass is 19.1. The Kier molecular flexibility index (Phi) is 3.89. The van der Waals surface area contributed by atoms with Crippen LogP contribution >= 0.6 is 0 Å². The van der Waals surface area contributed by atoms with Gasteiger partial charge in [0.05, 0.1) is 11.6 Å². The molecule has 0 aliphatic carbocycles. The number of hydrogen-bond donors (Lipinski definition) is 3. The molecular weight excluding hydrogens is 259 g/mol. The van der Waals surface area contributed by atoms with Crippen molar-refractivity contribution in [3.05, 3.63) is 59.4 Å². The Labute approximate surface area is 116 Å². The fraction of sp³-hybridized carbons (Fsp3) is 0.133. The molecule has 1 amide bonds. The van der Waals surface area contributed by atoms with Crippen molar-refractivity contribution in [1.29, 1.82) is 0 Å². The fourth-order valence-electron chi connectivity index (χ4n) is 1.83. The van der Waals surface area contributed by atoms with Crippen molar-refractivity contribution in [2.75, 3.05) is 5.73 Å². The zero-order chi connectivity index (χ0) is 14.7. The van der Waals surface area contributed by atoms with Crippen LogP contribution in [-0.2, 0) is 0 Å². The van der Waals surface area contributed by atoms with E-state index >= 15 is 0 Å². The van der Waals surface area contributed by atoms with Crippen molar-refractivity contribution >= 4 is 11.6 Å². The Bertz CT molecular complexity index is 626. The van der Waals surface area contributed by atoms with E-state index in [9.17, 15) is 14.3 Å². The van der Waals surface area contributed by atoms with Gasteiger partial charge in [0.25, 0.3) is 5.91 Å². The zero-order valence-corrected chi connectivity index (χ0v) is 10.9. The number of nitrogens with one attached hydrogen (secondary N) is 1. The molecular formula is C15H15FN2O2. The summed E-state index contributed by atoms with van der Waals surface area (Å²) < 4.78 is 13.1. The summed E-state index contributed by atoms with van der Waals surface area (Å²) in [5.41, 5.74) is 7.00. The maximum atomic E-state index is 13.1. The molecule has 1 atom stereocenters. The van der Waals surface area contributed by atoms with Crippen molar-refractivity contribution in [3.63, 3.8) is 0 Å². The number of nitrogen functional groups attached to an aromatic ring is 1. The molecule has 0 aliphatic rings. The van der Waals surface area contributed by atoms with Crippen LogP contribution in [0.4, 0.5) is 10.1 Å². The molecule has 0 bridgehead atoms. The van der Waals surface area contributed by atoms with Crippen molar-refractivity contribution in [2.24, 2.45) is 0 Å². The van der Waals surface area contributed by atoms with Crippen LogP contribution in [0.3, 0.4) is 0 Å². The van der Waals surface area contributed by atoms with Gasteiger partial charge in [0.1, 0.15) is 11.6 Å². The Morgan fingerprint density at radius 2 is 1.90 bits per heavy atom. The number of aromatic hydroxyl groups is 1. The van der Waals surface area contributed by atoms with Gasteiger partial charge >= 0.3 is 0 Å². The van der Waals surface area contributed by atoms with Crippen LogP contribution < -0.4 is 11.1 Å². The average Bonchev–Trinajstić information content (AvgIpc) is 2.42. The van der Waals surface area contributed by atoms with Crippen molar-refractivity contribution < 1.29 is 14.3 Å². The Morgan fingerprint density at radius 1 is 1.25 bits per heavy atom. The lowest BCUT2D eigenvalue weighted by molar-refractivity contribution is 0.0936. The second kappa shape index (κ2) is 5.61. The van der Waals surface area contributed by atoms with E-state index in [1.165, 1.54) is 0 Å². The Morgan fingerprint density at radius 3 is 2.55 bits per heavy atom. The number of benzene rings is 2. The molecule has 0 spiro atoms. The predicted octanol–water partition coefficient (Wildman–Crippen LogP) is 2.60. The van der Waals surface area contributed by atoms with Crippen molar-refractivity contribution in [3.8, 4) is 5.75 Å². The van der Waals surface area contributed by atoms with Crippen LogP contribution in [0.5, 0.6) is 5.75 Å². The van der Waals surface area contributed by atoms with Crippen molar-refractivity contribution in [1.82, 2.24) is 5.32 Å². The van der Waals surface area contributed by atoms with Crippen molar-refractivity contribution in [2.45, 2.75) is 13.0 Å². The SMILES string of the molecule is CC(NC(=O)c1cc(F)ccc1O)c1ccc(N)cc1. The number of hydrogen-bond acceptors (Lipinski definition) is 3. The first-order valence-corrected chi connectivity index (χ1v) is 6.12. The van der Waals surface area contributed by atoms with E-state index in [0.29, 0.717) is 5.69 Å². The van der Waals surface area contributed by atoms with E-state index in [-0.39, 0.29) is 17.4 Å². The molecule has 4 N–H and O–H groups in total. The van der Waals surface area contributed by atoms with Crippen LogP contribution in [0.1, 0.15) is 28.9 Å². The summed E-state index contributed by atoms with van der Waals surface area (Å²) in [7, 11) is 0. The highest BCUT2D eigenvalue weighted by Crippen LogP contribution is 2.20. The fourth-order valence-corrected chi connectivity index (χ4v) is 1.83. The molecule has 0 aromatic heterocycles. The van der Waals surface area contributed by atoms with E-state index in [1.54, 1.807) is 31.2 Å². The number of phenols is 1. The molecule has 0 heterocycles. The first-order chi connectivity index (χ1) is 9.47. The third kappa shape index (κ3) is 3.06. The third-order valence-electron chi connectivity index (χ3n) is 2.99. The number of nitrogens with two attached hydrogens (primary N) is 1. The highest BCUT2D eigenvalue weighted by Gasteiger charge is 2.15. The molecule has 5 heteroatoms. The topological polar surface area (TPSA) is 75.3 Å². The van der Waals surface area contributed by atoms with Gasteiger partial charge in [0, 0.05) is 5.69 Å². The monoisotopic (exact) mass is 274 g/mol. The number of anilines is 1. The Hall–Kier alpha value is -2.56. The number of amides is 1. The molecule has 0 fully saturated rings. The summed E-state index contributed by atoms with van der Waals surface area (Å²) in [6, 6.07) is 10.0. The Balaban J connectivity index is 2.15. The number of carbonyl (C=O) groups excluding carboxylic acids is 1. The van der Waals surface area contributed by atoms with Crippen LogP contribution in [0.15, 0.2) is 42.5 Å². The van der Waals surface area contributed by atoms with Gasteiger partial charge in [0.15, 0.2) is 0 Å². The molecule has 2 rings (SSSR count). The lowest BCUT2D eigenvalue weighted by Crippen LogP contribution is -2.26. The normalized spacial score (nSPS) is 11.9. The smallest absolute Gasteiger partial charge is 0.255 e. The molecule has 20 heavy (non-hydrogen) atoms. The largest absolute Gasteiger partial charge is 0.507 e. The van der Waals surface area contributed by atoms with Crippen LogP contribution in [0.2, 0.25) is 0 Å². The minimum absolute atomic E-state index is 0.0905. The molecule has 2 aromatic carbocycles. The molecule has 2 aromatic rings. The second-order valence-corrected chi connectivity index (χ2v) is 4.52. The number of phenolic OH excluding ortho intramolecular Hbond substituents is 1. The van der Waals surface area contributed by atoms with Gasteiger partial charge in [-0.3, -0.25) is 4.79 Å². The summed E-state index contributed by atoms with van der Waals surface area (Å²) in [6.45, 7) is 1.79. The molecule has 1 unspecified atom stereocenters. The van der Waals surface area contributed by atoms with E-state index < -0.39 is 11.7 Å². The highest BCUT2D eigenvalue weighted by molar-refractivity contribution is 5.97. The standard InChI is InChI=1S/C15H15FN2O2/c1-9(10-2-5-12(17)6-3-10)18-15(20)13-8-11(16)4-7-14(13)19/h2-9,19H,17H2,1H3,(H,18,20). The van der Waals surface area contributed by atoms with E-state index in [4.69, 9.17) is 5.73 Å². The first-order valence-electron chi connectivity index (χ1n) is 6.12. The summed E-state index contributed by atoms with van der Waals surface area (Å²) in [6.07, 6.45) is 0. The van der Waals surface area contributed by atoms with Crippen LogP contribution in [0, 0.1) is 5.82 Å². The summed E-state index contributed by atoms with van der Waals surface area (Å²) in [5, 5.41) is 12.3. The van der Waals surface area contributed by atoms with Gasteiger partial charge in [-0.1, -0.05) is 12.1 Å². The maximum absolute atomic E-state index is 13.1. The molecule has 0 aliphatic heterocycles. The molecule has 0 saturated carbocycles. The number of halogens is 1. The molecule has 104 valence electrons. The maximum Gasteiger partial charge on any atom is 0.255 e. The van der Waals surface area contributed by atoms with Gasteiger partial charge < -0.3 is 16.2 Å². The van der Waals surface area contributed by atoms with Gasteiger partial charge in [-0.05, 0) is 42.8 Å². The van der Waals surface area contributed by atoms with Gasteiger partial charge in [0.2, 0.25) is 0 Å².